The molecule has 0 aliphatic rings. The van der Waals surface area contributed by atoms with Crippen LogP contribution in [-0.2, 0) is 16.0 Å². The first-order valence-electron chi connectivity index (χ1n) is 5.61. The highest BCUT2D eigenvalue weighted by atomic mass is 16.7. The lowest BCUT2D eigenvalue weighted by Gasteiger charge is -2.13. The van der Waals surface area contributed by atoms with Gasteiger partial charge in [0.05, 0.1) is 0 Å². The third-order valence-electron chi connectivity index (χ3n) is 2.81. The second-order valence-electron chi connectivity index (χ2n) is 3.76. The standard InChI is InChI=1S/C14H18O3/c1-5-12-7-8-13(11(4)10(12)3)16-9-17-14(15)6-2/h6-8H,2,5,9H2,1,3-4H3. The molecule has 0 atom stereocenters. The van der Waals surface area contributed by atoms with Gasteiger partial charge in [-0.3, -0.25) is 0 Å². The van der Waals surface area contributed by atoms with Crippen molar-refractivity contribution >= 4 is 5.97 Å². The van der Waals surface area contributed by atoms with E-state index in [1.807, 2.05) is 19.1 Å². The number of hydrogen-bond donors (Lipinski definition) is 0. The minimum Gasteiger partial charge on any atom is -0.457 e. The number of esters is 1. The Balaban J connectivity index is 2.69. The summed E-state index contributed by atoms with van der Waals surface area (Å²) in [6.07, 6.45) is 2.11. The smallest absolute Gasteiger partial charge is 0.333 e. The number of ether oxygens (including phenoxy) is 2. The number of rotatable bonds is 5. The van der Waals surface area contributed by atoms with Crippen molar-refractivity contribution in [2.24, 2.45) is 0 Å². The van der Waals surface area contributed by atoms with Crippen LogP contribution in [0.5, 0.6) is 5.75 Å². The average molecular weight is 234 g/mol. The molecule has 1 aromatic rings. The molecule has 0 aromatic heterocycles. The van der Waals surface area contributed by atoms with Crippen LogP contribution in [0.15, 0.2) is 24.8 Å². The lowest BCUT2D eigenvalue weighted by Crippen LogP contribution is -2.08. The quantitative estimate of drug-likeness (QED) is 0.446. The average Bonchev–Trinajstić information content (AvgIpc) is 2.34. The molecule has 0 unspecified atom stereocenters. The van der Waals surface area contributed by atoms with E-state index in [0.717, 1.165) is 23.8 Å². The predicted molar refractivity (Wildman–Crippen MR) is 67.1 cm³/mol. The molecule has 0 aliphatic heterocycles. The Hall–Kier alpha value is -1.77. The van der Waals surface area contributed by atoms with Gasteiger partial charge in [-0.05, 0) is 43.0 Å². The Labute approximate surface area is 102 Å². The Bertz CT molecular complexity index is 422. The summed E-state index contributed by atoms with van der Waals surface area (Å²) in [4.78, 5) is 10.8. The summed E-state index contributed by atoms with van der Waals surface area (Å²) in [5, 5.41) is 0. The molecule has 0 spiro atoms. The molecule has 0 saturated carbocycles. The van der Waals surface area contributed by atoms with Crippen molar-refractivity contribution in [2.45, 2.75) is 27.2 Å². The van der Waals surface area contributed by atoms with Crippen molar-refractivity contribution in [1.29, 1.82) is 0 Å². The molecule has 0 aliphatic carbocycles. The van der Waals surface area contributed by atoms with Gasteiger partial charge in [-0.15, -0.1) is 0 Å². The monoisotopic (exact) mass is 234 g/mol. The maximum Gasteiger partial charge on any atom is 0.333 e. The number of carbonyl (C=O) groups excluding carboxylic acids is 1. The van der Waals surface area contributed by atoms with E-state index < -0.39 is 5.97 Å². The van der Waals surface area contributed by atoms with Gasteiger partial charge in [0, 0.05) is 6.08 Å². The van der Waals surface area contributed by atoms with E-state index in [2.05, 4.69) is 20.4 Å². The van der Waals surface area contributed by atoms with Crippen molar-refractivity contribution in [3.8, 4) is 5.75 Å². The molecule has 0 N–H and O–H groups in total. The summed E-state index contributed by atoms with van der Waals surface area (Å²) in [7, 11) is 0. The largest absolute Gasteiger partial charge is 0.457 e. The minimum absolute atomic E-state index is 0.0867. The van der Waals surface area contributed by atoms with E-state index in [9.17, 15) is 4.79 Å². The number of hydrogen-bond acceptors (Lipinski definition) is 3. The Kier molecular flexibility index (Phi) is 4.76. The predicted octanol–water partition coefficient (Wildman–Crippen LogP) is 2.93. The van der Waals surface area contributed by atoms with E-state index in [1.54, 1.807) is 0 Å². The van der Waals surface area contributed by atoms with Crippen LogP contribution in [0.25, 0.3) is 0 Å². The zero-order chi connectivity index (χ0) is 12.8. The molecular weight excluding hydrogens is 216 g/mol. The van der Waals surface area contributed by atoms with Crippen molar-refractivity contribution in [3.05, 3.63) is 41.5 Å². The van der Waals surface area contributed by atoms with Gasteiger partial charge in [-0.25, -0.2) is 4.79 Å². The molecule has 0 amide bonds. The van der Waals surface area contributed by atoms with Crippen LogP contribution in [0.2, 0.25) is 0 Å². The van der Waals surface area contributed by atoms with Crippen molar-refractivity contribution in [2.75, 3.05) is 6.79 Å². The van der Waals surface area contributed by atoms with Gasteiger partial charge in [-0.1, -0.05) is 19.6 Å². The third kappa shape index (κ3) is 3.34. The molecule has 0 saturated heterocycles. The van der Waals surface area contributed by atoms with Gasteiger partial charge in [0.25, 0.3) is 0 Å². The summed E-state index contributed by atoms with van der Waals surface area (Å²) in [5.41, 5.74) is 3.61. The van der Waals surface area contributed by atoms with Gasteiger partial charge in [-0.2, -0.15) is 0 Å². The lowest BCUT2D eigenvalue weighted by molar-refractivity contribution is -0.144. The fourth-order valence-electron chi connectivity index (χ4n) is 1.60. The molecule has 92 valence electrons. The molecule has 1 aromatic carbocycles. The van der Waals surface area contributed by atoms with E-state index in [0.29, 0.717) is 0 Å². The summed E-state index contributed by atoms with van der Waals surface area (Å²) in [6, 6.07) is 3.94. The van der Waals surface area contributed by atoms with Crippen LogP contribution in [0.1, 0.15) is 23.6 Å². The highest BCUT2D eigenvalue weighted by molar-refractivity contribution is 5.81. The maximum absolute atomic E-state index is 10.8. The first-order chi connectivity index (χ1) is 8.10. The van der Waals surface area contributed by atoms with Gasteiger partial charge in [0.1, 0.15) is 5.75 Å². The summed E-state index contributed by atoms with van der Waals surface area (Å²) >= 11 is 0. The van der Waals surface area contributed by atoms with E-state index >= 15 is 0 Å². The van der Waals surface area contributed by atoms with Crippen molar-refractivity contribution in [3.63, 3.8) is 0 Å². The fourth-order valence-corrected chi connectivity index (χ4v) is 1.60. The van der Waals surface area contributed by atoms with Gasteiger partial charge < -0.3 is 9.47 Å². The molecular formula is C14H18O3. The van der Waals surface area contributed by atoms with Gasteiger partial charge >= 0.3 is 5.97 Å². The van der Waals surface area contributed by atoms with E-state index in [-0.39, 0.29) is 6.79 Å². The second kappa shape index (κ2) is 6.09. The molecule has 0 fully saturated rings. The zero-order valence-corrected chi connectivity index (χ0v) is 10.6. The summed E-state index contributed by atoms with van der Waals surface area (Å²) < 4.78 is 10.2. The number of aryl methyl sites for hydroxylation is 1. The highest BCUT2D eigenvalue weighted by Crippen LogP contribution is 2.24. The molecule has 3 nitrogen and oxygen atoms in total. The Morgan fingerprint density at radius 1 is 1.35 bits per heavy atom. The van der Waals surface area contributed by atoms with Gasteiger partial charge in [0.15, 0.2) is 0 Å². The summed E-state index contributed by atoms with van der Waals surface area (Å²) in [6.45, 7) is 9.41. The molecule has 1 rings (SSSR count). The minimum atomic E-state index is -0.482. The third-order valence-corrected chi connectivity index (χ3v) is 2.81. The van der Waals surface area contributed by atoms with Crippen molar-refractivity contribution < 1.29 is 14.3 Å². The first-order valence-corrected chi connectivity index (χ1v) is 5.61. The van der Waals surface area contributed by atoms with Crippen LogP contribution in [0, 0.1) is 13.8 Å². The first kappa shape index (κ1) is 13.3. The van der Waals surface area contributed by atoms with Crippen LogP contribution in [0.4, 0.5) is 0 Å². The normalized spacial score (nSPS) is 9.82. The van der Waals surface area contributed by atoms with E-state index in [1.165, 1.54) is 11.1 Å². The molecule has 0 heterocycles. The van der Waals surface area contributed by atoms with Crippen molar-refractivity contribution in [1.82, 2.24) is 0 Å². The number of benzene rings is 1. The van der Waals surface area contributed by atoms with Crippen LogP contribution in [0.3, 0.4) is 0 Å². The van der Waals surface area contributed by atoms with Crippen LogP contribution >= 0.6 is 0 Å². The topological polar surface area (TPSA) is 35.5 Å². The SMILES string of the molecule is C=CC(=O)OCOc1ccc(CC)c(C)c1C. The molecule has 0 bridgehead atoms. The fraction of sp³-hybridized carbons (Fsp3) is 0.357. The molecule has 3 heteroatoms. The number of carbonyl (C=O) groups is 1. The zero-order valence-electron chi connectivity index (χ0n) is 10.6. The Morgan fingerprint density at radius 3 is 2.65 bits per heavy atom. The molecule has 0 radical (unpaired) electrons. The molecule has 17 heavy (non-hydrogen) atoms. The highest BCUT2D eigenvalue weighted by Gasteiger charge is 2.06. The summed E-state index contributed by atoms with van der Waals surface area (Å²) in [5.74, 6) is 0.265. The Morgan fingerprint density at radius 2 is 2.06 bits per heavy atom. The van der Waals surface area contributed by atoms with Gasteiger partial charge in [0.2, 0.25) is 6.79 Å². The second-order valence-corrected chi connectivity index (χ2v) is 3.76. The van der Waals surface area contributed by atoms with E-state index in [4.69, 9.17) is 9.47 Å². The maximum atomic E-state index is 10.8. The van der Waals surface area contributed by atoms with Crippen LogP contribution in [-0.4, -0.2) is 12.8 Å². The lowest BCUT2D eigenvalue weighted by atomic mass is 10.0. The van der Waals surface area contributed by atoms with Crippen LogP contribution < -0.4 is 4.74 Å².